The average molecular weight is 602 g/mol. The van der Waals surface area contributed by atoms with E-state index in [-0.39, 0.29) is 34.8 Å². The van der Waals surface area contributed by atoms with Crippen LogP contribution < -0.4 is 27.6 Å². The number of hydrogen-bond acceptors (Lipinski definition) is 6. The maximum atomic E-state index is 15.3. The number of nitrogens with zero attached hydrogens (tertiary/aromatic N) is 2. The van der Waals surface area contributed by atoms with E-state index in [0.29, 0.717) is 48.7 Å². The van der Waals surface area contributed by atoms with Gasteiger partial charge in [-0.1, -0.05) is 18.6 Å². The first-order valence-corrected chi connectivity index (χ1v) is 14.0. The number of aromatic nitrogens is 3. The summed E-state index contributed by atoms with van der Waals surface area (Å²) in [6, 6.07) is 10.8. The second-order valence-electron chi connectivity index (χ2n) is 10.7. The summed E-state index contributed by atoms with van der Waals surface area (Å²) in [5, 5.41) is 7.75. The molecule has 0 fully saturated rings. The lowest BCUT2D eigenvalue weighted by molar-refractivity contribution is -0.275. The normalized spacial score (nSPS) is 13.3. The van der Waals surface area contributed by atoms with E-state index in [9.17, 15) is 18.0 Å². The molecule has 4 aromatic rings. The van der Waals surface area contributed by atoms with Gasteiger partial charge >= 0.3 is 12.1 Å². The number of unbranched alkanes of at least 4 members (excludes halogenated alkanes) is 1. The highest BCUT2D eigenvalue weighted by molar-refractivity contribution is 5.83. The first-order chi connectivity index (χ1) is 20.3. The Morgan fingerprint density at radius 1 is 1.09 bits per heavy atom. The van der Waals surface area contributed by atoms with E-state index in [1.54, 1.807) is 12.1 Å². The van der Waals surface area contributed by atoms with Gasteiger partial charge in [-0.3, -0.25) is 9.98 Å². The third-order valence-corrected chi connectivity index (χ3v) is 7.06. The quantitative estimate of drug-likeness (QED) is 0.0581. The van der Waals surface area contributed by atoms with Crippen LogP contribution in [0, 0.1) is 11.2 Å². The van der Waals surface area contributed by atoms with Gasteiger partial charge in [-0.25, -0.2) is 9.18 Å². The zero-order valence-electron chi connectivity index (χ0n) is 23.7. The molecule has 2 heterocycles. The summed E-state index contributed by atoms with van der Waals surface area (Å²) in [6.45, 7) is 1.83. The first kappa shape index (κ1) is 31.7. The van der Waals surface area contributed by atoms with Crippen molar-refractivity contribution in [3.63, 3.8) is 0 Å². The lowest BCUT2D eigenvalue weighted by Crippen LogP contribution is -2.20. The molecule has 4 rings (SSSR count). The fourth-order valence-corrected chi connectivity index (χ4v) is 4.88. The van der Waals surface area contributed by atoms with Gasteiger partial charge in [0.25, 0.3) is 0 Å². The van der Waals surface area contributed by atoms with Gasteiger partial charge in [0, 0.05) is 35.7 Å². The number of alkyl halides is 3. The van der Waals surface area contributed by atoms with Crippen LogP contribution >= 0.6 is 0 Å². The molecule has 0 amide bonds. The molecular weight excluding hydrogens is 566 g/mol. The first-order valence-electron chi connectivity index (χ1n) is 14.0. The lowest BCUT2D eigenvalue weighted by atomic mass is 10.0. The number of H-pyrrole nitrogens is 1. The minimum absolute atomic E-state index is 0.0878. The number of rotatable bonds is 13. The van der Waals surface area contributed by atoms with Crippen LogP contribution in [0.5, 0.6) is 5.75 Å². The Balaban J connectivity index is 1.62. The molecule has 8 N–H and O–H groups in total. The number of fused-ring (bicyclic) bond motifs is 1. The smallest absolute Gasteiger partial charge is 0.403 e. The second-order valence-corrected chi connectivity index (χ2v) is 10.7. The summed E-state index contributed by atoms with van der Waals surface area (Å²) >= 11 is 0. The minimum atomic E-state index is -5.08. The summed E-state index contributed by atoms with van der Waals surface area (Å²) in [6.07, 6.45) is 0.874. The molecule has 0 saturated carbocycles. The predicted octanol–water partition coefficient (Wildman–Crippen LogP) is 5.58. The molecule has 2 aromatic heterocycles. The van der Waals surface area contributed by atoms with Crippen molar-refractivity contribution in [3.05, 3.63) is 76.1 Å². The Morgan fingerprint density at radius 3 is 2.47 bits per heavy atom. The largest absolute Gasteiger partial charge is 0.573 e. The van der Waals surface area contributed by atoms with Crippen LogP contribution in [0.15, 0.2) is 53.5 Å². The number of halogens is 4. The number of amidine groups is 1. The molecule has 0 aliphatic carbocycles. The molecule has 13 heteroatoms. The summed E-state index contributed by atoms with van der Waals surface area (Å²) in [4.78, 5) is 19.8. The Morgan fingerprint density at radius 2 is 1.81 bits per heavy atom. The summed E-state index contributed by atoms with van der Waals surface area (Å²) < 4.78 is 59.8. The molecule has 0 bridgehead atoms. The van der Waals surface area contributed by atoms with Gasteiger partial charge in [-0.2, -0.15) is 4.98 Å². The molecule has 2 atom stereocenters. The van der Waals surface area contributed by atoms with Crippen molar-refractivity contribution in [3.8, 4) is 22.7 Å². The highest BCUT2D eigenvalue weighted by atomic mass is 19.4. The van der Waals surface area contributed by atoms with E-state index in [2.05, 4.69) is 14.7 Å². The molecule has 2 aromatic carbocycles. The van der Waals surface area contributed by atoms with E-state index < -0.39 is 23.6 Å². The number of nitrogens with one attached hydrogen (secondary N) is 2. The van der Waals surface area contributed by atoms with Crippen LogP contribution in [0.2, 0.25) is 0 Å². The molecule has 0 unspecified atom stereocenters. The van der Waals surface area contributed by atoms with Crippen LogP contribution in [-0.4, -0.2) is 32.8 Å². The summed E-state index contributed by atoms with van der Waals surface area (Å²) in [5.41, 5.74) is 18.9. The number of nitrogens with two attached hydrogens (primary N) is 3. The van der Waals surface area contributed by atoms with Gasteiger partial charge in [-0.05, 0) is 80.5 Å². The highest BCUT2D eigenvalue weighted by Gasteiger charge is 2.33. The van der Waals surface area contributed by atoms with E-state index >= 15 is 4.39 Å². The summed E-state index contributed by atoms with van der Waals surface area (Å²) in [5.74, 6) is -1.98. The van der Waals surface area contributed by atoms with Gasteiger partial charge in [0.2, 0.25) is 0 Å². The molecule has 43 heavy (non-hydrogen) atoms. The molecular formula is C30H35F4N7O2. The van der Waals surface area contributed by atoms with Crippen LogP contribution in [0.4, 0.5) is 17.6 Å². The maximum absolute atomic E-state index is 15.3. The van der Waals surface area contributed by atoms with Gasteiger partial charge in [-0.15, -0.1) is 13.2 Å². The van der Waals surface area contributed by atoms with Crippen molar-refractivity contribution in [2.75, 3.05) is 0 Å². The Hall–Kier alpha value is -4.23. The van der Waals surface area contributed by atoms with Gasteiger partial charge in [0.1, 0.15) is 5.65 Å². The Labute approximate surface area is 245 Å². The topological polar surface area (TPSA) is 162 Å². The number of benzene rings is 2. The molecule has 0 radical (unpaired) electrons. The average Bonchev–Trinajstić information content (AvgIpc) is 3.33. The van der Waals surface area contributed by atoms with Crippen molar-refractivity contribution >= 4 is 16.9 Å². The highest BCUT2D eigenvalue weighted by Crippen LogP contribution is 2.35. The SMILES string of the molecule is C[C@H](N)CCCc1cc(OC(F)(F)F)c(F)c(-c2cc3cn(-c4ccc([C@H](N)CCCCC(=N)N)cc4)c(=O)nc3[nH]2)c1. The zero-order valence-corrected chi connectivity index (χ0v) is 23.7. The van der Waals surface area contributed by atoms with Crippen LogP contribution in [0.3, 0.4) is 0 Å². The number of hydrogen-bond donors (Lipinski definition) is 5. The van der Waals surface area contributed by atoms with Gasteiger partial charge in [0.05, 0.1) is 17.2 Å². The Kier molecular flexibility index (Phi) is 9.87. The lowest BCUT2D eigenvalue weighted by Gasteiger charge is -2.14. The molecule has 230 valence electrons. The number of aryl methyl sites for hydroxylation is 1. The second kappa shape index (κ2) is 13.4. The van der Waals surface area contributed by atoms with Crippen molar-refractivity contribution in [1.29, 1.82) is 5.41 Å². The van der Waals surface area contributed by atoms with Crippen molar-refractivity contribution in [2.24, 2.45) is 17.2 Å². The standard InChI is InChI=1S/C30H35F4N7O2/c1-17(35)5-4-6-18-13-22(27(31)25(14-18)43-30(32,33)34)24-15-20-16-41(29(42)40-28(20)39-24)21-11-9-19(10-12-21)23(36)7-2-3-8-26(37)38/h9-17,23H,2-8,35-36H2,1H3,(H3,37,38)(H,39,40,42)/t17-,23+/m0/s1. The van der Waals surface area contributed by atoms with E-state index in [0.717, 1.165) is 24.5 Å². The van der Waals surface area contributed by atoms with E-state index in [1.807, 2.05) is 19.1 Å². The minimum Gasteiger partial charge on any atom is -0.403 e. The van der Waals surface area contributed by atoms with Crippen molar-refractivity contribution < 1.29 is 22.3 Å². The Bertz CT molecular complexity index is 1630. The number of ether oxygens (including phenoxy) is 1. The molecule has 0 aliphatic rings. The number of aromatic amines is 1. The molecule has 9 nitrogen and oxygen atoms in total. The van der Waals surface area contributed by atoms with Crippen LogP contribution in [0.1, 0.15) is 62.6 Å². The van der Waals surface area contributed by atoms with Gasteiger partial charge < -0.3 is 26.9 Å². The third-order valence-electron chi connectivity index (χ3n) is 7.06. The monoisotopic (exact) mass is 601 g/mol. The molecule has 0 saturated heterocycles. The maximum Gasteiger partial charge on any atom is 0.573 e. The summed E-state index contributed by atoms with van der Waals surface area (Å²) in [7, 11) is 0. The van der Waals surface area contributed by atoms with Crippen molar-refractivity contribution in [1.82, 2.24) is 14.5 Å². The van der Waals surface area contributed by atoms with Crippen LogP contribution in [0.25, 0.3) is 28.0 Å². The molecule has 0 aliphatic heterocycles. The molecule has 0 spiro atoms. The predicted molar refractivity (Wildman–Crippen MR) is 158 cm³/mol. The van der Waals surface area contributed by atoms with Gasteiger partial charge in [0.15, 0.2) is 11.6 Å². The fourth-order valence-electron chi connectivity index (χ4n) is 4.88. The fraction of sp³-hybridized carbons (Fsp3) is 0.367. The van der Waals surface area contributed by atoms with Crippen molar-refractivity contribution in [2.45, 2.75) is 70.3 Å². The van der Waals surface area contributed by atoms with Crippen LogP contribution in [-0.2, 0) is 6.42 Å². The zero-order chi connectivity index (χ0) is 31.3. The van der Waals surface area contributed by atoms with E-state index in [4.69, 9.17) is 22.6 Å². The third kappa shape index (κ3) is 8.42. The van der Waals surface area contributed by atoms with E-state index in [1.165, 1.54) is 22.9 Å².